The highest BCUT2D eigenvalue weighted by Gasteiger charge is 1.85. The van der Waals surface area contributed by atoms with Crippen molar-refractivity contribution < 1.29 is 0 Å². The summed E-state index contributed by atoms with van der Waals surface area (Å²) < 4.78 is 0. The molecule has 3 heteroatoms. The van der Waals surface area contributed by atoms with Gasteiger partial charge in [-0.3, -0.25) is 5.43 Å². The molecule has 0 bridgehead atoms. The van der Waals surface area contributed by atoms with Crippen molar-refractivity contribution >= 4 is 11.9 Å². The van der Waals surface area contributed by atoms with Gasteiger partial charge >= 0.3 is 0 Å². The Balaban J connectivity index is 3.78. The molecule has 0 heterocycles. The molecule has 0 aliphatic heterocycles. The molecule has 0 aliphatic carbocycles. The van der Waals surface area contributed by atoms with Crippen molar-refractivity contribution in [2.75, 3.05) is 0 Å². The Labute approximate surface area is 67.9 Å². The SMILES string of the molecule is C=C(/N=C\C)N/N=C(/C)CC. The first-order chi connectivity index (χ1) is 5.20. The fourth-order valence-electron chi connectivity index (χ4n) is 0.424. The lowest BCUT2D eigenvalue weighted by Gasteiger charge is -1.98. The van der Waals surface area contributed by atoms with Crippen LogP contribution in [0.15, 0.2) is 22.5 Å². The van der Waals surface area contributed by atoms with Gasteiger partial charge in [0, 0.05) is 11.9 Å². The number of aliphatic imine (C=N–C) groups is 1. The Morgan fingerprint density at radius 2 is 2.27 bits per heavy atom. The monoisotopic (exact) mass is 153 g/mol. The number of nitrogens with zero attached hydrogens (tertiary/aromatic N) is 2. The second kappa shape index (κ2) is 5.65. The van der Waals surface area contributed by atoms with Gasteiger partial charge in [0.2, 0.25) is 0 Å². The molecule has 62 valence electrons. The molecule has 0 fully saturated rings. The molecule has 0 unspecified atom stereocenters. The average molecular weight is 153 g/mol. The first-order valence-corrected chi connectivity index (χ1v) is 3.67. The number of rotatable bonds is 4. The van der Waals surface area contributed by atoms with E-state index in [9.17, 15) is 0 Å². The van der Waals surface area contributed by atoms with Gasteiger partial charge in [-0.25, -0.2) is 4.99 Å². The third-order valence-corrected chi connectivity index (χ3v) is 1.17. The third kappa shape index (κ3) is 5.33. The molecule has 11 heavy (non-hydrogen) atoms. The van der Waals surface area contributed by atoms with Crippen LogP contribution in [-0.2, 0) is 0 Å². The summed E-state index contributed by atoms with van der Waals surface area (Å²) in [5.41, 5.74) is 3.77. The van der Waals surface area contributed by atoms with Crippen LogP contribution < -0.4 is 5.43 Å². The van der Waals surface area contributed by atoms with E-state index in [0.717, 1.165) is 12.1 Å². The summed E-state index contributed by atoms with van der Waals surface area (Å²) in [6.07, 6.45) is 2.61. The summed E-state index contributed by atoms with van der Waals surface area (Å²) in [6.45, 7) is 9.47. The van der Waals surface area contributed by atoms with Gasteiger partial charge in [0.15, 0.2) is 0 Å². The Morgan fingerprint density at radius 3 is 2.73 bits per heavy atom. The maximum atomic E-state index is 4.01. The fraction of sp³-hybridized carbons (Fsp3) is 0.500. The van der Waals surface area contributed by atoms with Crippen molar-refractivity contribution in [2.24, 2.45) is 10.1 Å². The van der Waals surface area contributed by atoms with Crippen molar-refractivity contribution in [3.05, 3.63) is 12.4 Å². The van der Waals surface area contributed by atoms with E-state index in [2.05, 4.69) is 22.1 Å². The molecule has 0 amide bonds. The van der Waals surface area contributed by atoms with Gasteiger partial charge in [0.25, 0.3) is 0 Å². The number of nitrogens with one attached hydrogen (secondary N) is 1. The minimum atomic E-state index is 0.570. The summed E-state index contributed by atoms with van der Waals surface area (Å²) in [7, 11) is 0. The molecule has 0 rings (SSSR count). The maximum Gasteiger partial charge on any atom is 0.138 e. The Hall–Kier alpha value is -1.12. The Morgan fingerprint density at radius 1 is 1.64 bits per heavy atom. The molecular formula is C8H15N3. The van der Waals surface area contributed by atoms with Gasteiger partial charge < -0.3 is 0 Å². The normalized spacial score (nSPS) is 12.1. The predicted molar refractivity (Wildman–Crippen MR) is 49.8 cm³/mol. The van der Waals surface area contributed by atoms with Crippen molar-refractivity contribution in [3.63, 3.8) is 0 Å². The zero-order chi connectivity index (χ0) is 8.69. The lowest BCUT2D eigenvalue weighted by atomic mass is 10.3. The van der Waals surface area contributed by atoms with Gasteiger partial charge in [0.1, 0.15) is 5.82 Å². The van der Waals surface area contributed by atoms with E-state index in [0.29, 0.717) is 5.82 Å². The molecule has 3 nitrogen and oxygen atoms in total. The van der Waals surface area contributed by atoms with E-state index in [-0.39, 0.29) is 0 Å². The molecule has 1 N–H and O–H groups in total. The lowest BCUT2D eigenvalue weighted by Crippen LogP contribution is -2.05. The number of hydrogen-bond acceptors (Lipinski definition) is 3. The summed E-state index contributed by atoms with van der Waals surface area (Å²) in [5, 5.41) is 4.01. The zero-order valence-electron chi connectivity index (χ0n) is 7.39. The van der Waals surface area contributed by atoms with E-state index < -0.39 is 0 Å². The average Bonchev–Trinajstić information content (AvgIpc) is 2.01. The highest BCUT2D eigenvalue weighted by atomic mass is 15.3. The van der Waals surface area contributed by atoms with E-state index in [1.54, 1.807) is 6.21 Å². The summed E-state index contributed by atoms with van der Waals surface area (Å²) in [5.74, 6) is 0.570. The van der Waals surface area contributed by atoms with Gasteiger partial charge in [-0.1, -0.05) is 13.5 Å². The molecule has 0 aromatic heterocycles. The fourth-order valence-corrected chi connectivity index (χ4v) is 0.424. The smallest absolute Gasteiger partial charge is 0.138 e. The Kier molecular flexibility index (Phi) is 5.07. The van der Waals surface area contributed by atoms with Crippen molar-refractivity contribution in [1.82, 2.24) is 5.43 Å². The molecule has 0 aliphatic rings. The molecule has 0 atom stereocenters. The predicted octanol–water partition coefficient (Wildman–Crippen LogP) is 1.92. The van der Waals surface area contributed by atoms with Crippen molar-refractivity contribution in [3.8, 4) is 0 Å². The quantitative estimate of drug-likeness (QED) is 0.486. The molecule has 0 aromatic rings. The van der Waals surface area contributed by atoms with Crippen LogP contribution in [0.4, 0.5) is 0 Å². The van der Waals surface area contributed by atoms with Crippen LogP contribution in [0.1, 0.15) is 27.2 Å². The van der Waals surface area contributed by atoms with Crippen LogP contribution in [0.3, 0.4) is 0 Å². The van der Waals surface area contributed by atoms with Gasteiger partial charge in [0.05, 0.1) is 0 Å². The molecule has 0 saturated carbocycles. The van der Waals surface area contributed by atoms with Crippen LogP contribution in [0.5, 0.6) is 0 Å². The molecule has 0 spiro atoms. The maximum absolute atomic E-state index is 4.01. The second-order valence-corrected chi connectivity index (χ2v) is 2.15. The van der Waals surface area contributed by atoms with Crippen LogP contribution in [0.25, 0.3) is 0 Å². The third-order valence-electron chi connectivity index (χ3n) is 1.17. The van der Waals surface area contributed by atoms with Gasteiger partial charge in [-0.05, 0) is 20.3 Å². The summed E-state index contributed by atoms with van der Waals surface area (Å²) in [4.78, 5) is 3.89. The highest BCUT2D eigenvalue weighted by molar-refractivity contribution is 5.81. The first kappa shape index (κ1) is 9.88. The van der Waals surface area contributed by atoms with E-state index in [4.69, 9.17) is 0 Å². The van der Waals surface area contributed by atoms with Crippen molar-refractivity contribution in [1.29, 1.82) is 0 Å². The van der Waals surface area contributed by atoms with E-state index in [1.807, 2.05) is 20.8 Å². The van der Waals surface area contributed by atoms with Crippen LogP contribution in [0, 0.1) is 0 Å². The van der Waals surface area contributed by atoms with Crippen molar-refractivity contribution in [2.45, 2.75) is 27.2 Å². The minimum absolute atomic E-state index is 0.570. The topological polar surface area (TPSA) is 36.8 Å². The molecule has 0 saturated heterocycles. The lowest BCUT2D eigenvalue weighted by molar-refractivity contribution is 0.869. The number of hydrazone groups is 1. The van der Waals surface area contributed by atoms with Crippen LogP contribution in [-0.4, -0.2) is 11.9 Å². The molecule has 0 radical (unpaired) electrons. The highest BCUT2D eigenvalue weighted by Crippen LogP contribution is 1.87. The summed E-state index contributed by atoms with van der Waals surface area (Å²) in [6, 6.07) is 0. The molecular weight excluding hydrogens is 138 g/mol. The van der Waals surface area contributed by atoms with E-state index in [1.165, 1.54) is 0 Å². The Bertz CT molecular complexity index is 180. The van der Waals surface area contributed by atoms with Crippen LogP contribution in [0.2, 0.25) is 0 Å². The van der Waals surface area contributed by atoms with Gasteiger partial charge in [-0.15, -0.1) is 0 Å². The molecule has 0 aromatic carbocycles. The standard InChI is InChI=1S/C8H15N3/c1-5-7(3)10-11-8(4)9-6-2/h6,11H,4-5H2,1-3H3/b9-6-,10-7-. The first-order valence-electron chi connectivity index (χ1n) is 3.67. The minimum Gasteiger partial charge on any atom is -0.262 e. The van der Waals surface area contributed by atoms with E-state index >= 15 is 0 Å². The largest absolute Gasteiger partial charge is 0.262 e. The second-order valence-electron chi connectivity index (χ2n) is 2.15. The number of hydrogen-bond donors (Lipinski definition) is 1. The van der Waals surface area contributed by atoms with Crippen LogP contribution >= 0.6 is 0 Å². The van der Waals surface area contributed by atoms with Gasteiger partial charge in [-0.2, -0.15) is 5.10 Å². The zero-order valence-corrected chi connectivity index (χ0v) is 7.39. The summed E-state index contributed by atoms with van der Waals surface area (Å²) >= 11 is 0.